The van der Waals surface area contributed by atoms with Gasteiger partial charge in [0, 0.05) is 32.8 Å². The topological polar surface area (TPSA) is 104 Å². The molecule has 0 bridgehead atoms. The van der Waals surface area contributed by atoms with Crippen LogP contribution >= 0.6 is 0 Å². The number of nitrogens with two attached hydrogens (primary N) is 2. The molecule has 0 saturated heterocycles. The Bertz CT molecular complexity index is 379. The Morgan fingerprint density at radius 2 is 1.26 bits per heavy atom. The van der Waals surface area contributed by atoms with Crippen LogP contribution in [0.25, 0.3) is 0 Å². The summed E-state index contributed by atoms with van der Waals surface area (Å²) in [4.78, 5) is 0. The molecule has 1 unspecified atom stereocenters. The second kappa shape index (κ2) is 14.4. The van der Waals surface area contributed by atoms with Gasteiger partial charge in [0.1, 0.15) is 0 Å². The first-order chi connectivity index (χ1) is 12.6. The predicted octanol–water partition coefficient (Wildman–Crippen LogP) is 1.91. The van der Waals surface area contributed by atoms with Gasteiger partial charge in [-0.15, -0.1) is 0 Å². The van der Waals surface area contributed by atoms with Crippen molar-refractivity contribution in [1.82, 2.24) is 10.6 Å². The van der Waals surface area contributed by atoms with E-state index in [9.17, 15) is 0 Å². The minimum absolute atomic E-state index is 0.673. The SMILES string of the molecule is CCO[Si](C)(CCCNCCN)O[Si](C)(C)O[Si](C)(C)CCCNCCN. The number of nitrogens with one attached hydrogen (secondary N) is 2. The van der Waals surface area contributed by atoms with E-state index in [0.29, 0.717) is 19.7 Å². The third kappa shape index (κ3) is 14.9. The van der Waals surface area contributed by atoms with Crippen molar-refractivity contribution in [3.8, 4) is 0 Å². The van der Waals surface area contributed by atoms with Crippen molar-refractivity contribution >= 4 is 25.4 Å². The molecule has 0 aliphatic rings. The average Bonchev–Trinajstić information content (AvgIpc) is 2.52. The van der Waals surface area contributed by atoms with E-state index >= 15 is 0 Å². The van der Waals surface area contributed by atoms with Crippen LogP contribution < -0.4 is 22.1 Å². The first-order valence-electron chi connectivity index (χ1n) is 10.5. The quantitative estimate of drug-likeness (QED) is 0.191. The van der Waals surface area contributed by atoms with Crippen LogP contribution in [0.15, 0.2) is 0 Å². The average molecular weight is 439 g/mol. The van der Waals surface area contributed by atoms with Crippen LogP contribution in [0.4, 0.5) is 0 Å². The molecule has 164 valence electrons. The maximum Gasteiger partial charge on any atom is 0.326 e. The van der Waals surface area contributed by atoms with Crippen molar-refractivity contribution in [2.45, 2.75) is 64.6 Å². The second-order valence-corrected chi connectivity index (χ2v) is 19.7. The van der Waals surface area contributed by atoms with Crippen LogP contribution in [-0.4, -0.2) is 71.3 Å². The molecule has 0 heterocycles. The number of hydrogen-bond acceptors (Lipinski definition) is 7. The lowest BCUT2D eigenvalue weighted by molar-refractivity contribution is 0.234. The maximum atomic E-state index is 6.64. The van der Waals surface area contributed by atoms with Gasteiger partial charge < -0.3 is 34.8 Å². The summed E-state index contributed by atoms with van der Waals surface area (Å²) in [5.41, 5.74) is 11.0. The van der Waals surface area contributed by atoms with E-state index in [-0.39, 0.29) is 0 Å². The summed E-state index contributed by atoms with van der Waals surface area (Å²) in [5, 5.41) is 6.71. The lowest BCUT2D eigenvalue weighted by atomic mass is 10.5. The van der Waals surface area contributed by atoms with Gasteiger partial charge in [-0.25, -0.2) is 0 Å². The highest BCUT2D eigenvalue weighted by molar-refractivity contribution is 6.86. The molecule has 0 rings (SSSR count). The van der Waals surface area contributed by atoms with E-state index in [1.165, 1.54) is 0 Å². The van der Waals surface area contributed by atoms with Crippen LogP contribution in [0.5, 0.6) is 0 Å². The summed E-state index contributed by atoms with van der Waals surface area (Å²) in [7, 11) is -6.24. The van der Waals surface area contributed by atoms with Gasteiger partial charge in [-0.3, -0.25) is 0 Å². The van der Waals surface area contributed by atoms with Crippen molar-refractivity contribution in [2.24, 2.45) is 11.5 Å². The van der Waals surface area contributed by atoms with Gasteiger partial charge in [0.05, 0.1) is 0 Å². The fourth-order valence-electron chi connectivity index (χ4n) is 3.34. The molecular weight excluding hydrogens is 392 g/mol. The van der Waals surface area contributed by atoms with Crippen LogP contribution in [0.1, 0.15) is 19.8 Å². The molecule has 0 aliphatic carbocycles. The molecule has 0 aromatic rings. The zero-order valence-corrected chi connectivity index (χ0v) is 21.7. The Morgan fingerprint density at radius 3 is 1.74 bits per heavy atom. The highest BCUT2D eigenvalue weighted by Gasteiger charge is 2.42. The minimum atomic E-state index is -2.24. The van der Waals surface area contributed by atoms with Gasteiger partial charge in [-0.1, -0.05) is 0 Å². The van der Waals surface area contributed by atoms with Gasteiger partial charge in [-0.05, 0) is 77.7 Å². The molecule has 10 heteroatoms. The molecule has 0 aromatic heterocycles. The summed E-state index contributed by atoms with van der Waals surface area (Å²) in [6.07, 6.45) is 2.16. The summed E-state index contributed by atoms with van der Waals surface area (Å²) in [6.45, 7) is 18.9. The Labute approximate surface area is 170 Å². The fraction of sp³-hybridized carbons (Fsp3) is 1.00. The summed E-state index contributed by atoms with van der Waals surface area (Å²) < 4.78 is 19.4. The fourth-order valence-corrected chi connectivity index (χ4v) is 17.0. The third-order valence-electron chi connectivity index (χ3n) is 4.19. The molecule has 0 aliphatic heterocycles. The van der Waals surface area contributed by atoms with Crippen molar-refractivity contribution < 1.29 is 12.7 Å². The third-order valence-corrected chi connectivity index (χ3v) is 15.8. The van der Waals surface area contributed by atoms with E-state index in [2.05, 4.69) is 43.4 Å². The highest BCUT2D eigenvalue weighted by Crippen LogP contribution is 2.26. The Kier molecular flexibility index (Phi) is 14.6. The Balaban J connectivity index is 4.55. The molecular formula is C17H46N4O3Si3. The Hall–Kier alpha value is 0.371. The van der Waals surface area contributed by atoms with Crippen LogP contribution in [0.3, 0.4) is 0 Å². The number of hydrogen-bond donors (Lipinski definition) is 4. The van der Waals surface area contributed by atoms with E-state index in [1.54, 1.807) is 0 Å². The van der Waals surface area contributed by atoms with Gasteiger partial charge in [0.15, 0.2) is 8.32 Å². The second-order valence-electron chi connectivity index (χ2n) is 8.21. The van der Waals surface area contributed by atoms with E-state index in [0.717, 1.165) is 51.1 Å². The lowest BCUT2D eigenvalue weighted by Crippen LogP contribution is -2.54. The maximum absolute atomic E-state index is 6.64. The lowest BCUT2D eigenvalue weighted by Gasteiger charge is -2.39. The van der Waals surface area contributed by atoms with E-state index < -0.39 is 25.4 Å². The molecule has 0 aromatic carbocycles. The van der Waals surface area contributed by atoms with Crippen LogP contribution in [0.2, 0.25) is 44.8 Å². The first-order valence-corrected chi connectivity index (χ1v) is 18.9. The zero-order valence-electron chi connectivity index (χ0n) is 18.7. The molecule has 0 amide bonds. The number of rotatable bonds is 18. The monoisotopic (exact) mass is 438 g/mol. The van der Waals surface area contributed by atoms with Gasteiger partial charge in [0.2, 0.25) is 0 Å². The molecule has 0 fully saturated rings. The molecule has 0 radical (unpaired) electrons. The molecule has 27 heavy (non-hydrogen) atoms. The molecule has 1 atom stereocenters. The smallest absolute Gasteiger partial charge is 0.326 e. The highest BCUT2D eigenvalue weighted by atomic mass is 28.5. The molecule has 0 saturated carbocycles. The van der Waals surface area contributed by atoms with E-state index in [1.807, 2.05) is 6.92 Å². The largest absolute Gasteiger partial charge is 0.436 e. The van der Waals surface area contributed by atoms with Gasteiger partial charge in [-0.2, -0.15) is 0 Å². The Morgan fingerprint density at radius 1 is 0.741 bits per heavy atom. The normalized spacial score (nSPS) is 15.1. The first kappa shape index (κ1) is 27.4. The van der Waals surface area contributed by atoms with Crippen molar-refractivity contribution in [3.05, 3.63) is 0 Å². The standard InChI is InChI=1S/C17H46N4O3Si3/c1-7-22-27(6,17-9-13-21-15-11-19)24-26(4,5)23-25(2,3)16-8-12-20-14-10-18/h20-21H,7-19H2,1-6H3. The zero-order chi connectivity index (χ0) is 20.8. The molecule has 7 nitrogen and oxygen atoms in total. The minimum Gasteiger partial charge on any atom is -0.436 e. The van der Waals surface area contributed by atoms with Crippen LogP contribution in [-0.2, 0) is 12.7 Å². The summed E-state index contributed by atoms with van der Waals surface area (Å²) >= 11 is 0. The van der Waals surface area contributed by atoms with Crippen molar-refractivity contribution in [1.29, 1.82) is 0 Å². The summed E-state index contributed by atoms with van der Waals surface area (Å²) in [6, 6.07) is 2.10. The molecule has 6 N–H and O–H groups in total. The van der Waals surface area contributed by atoms with Gasteiger partial charge >= 0.3 is 17.1 Å². The van der Waals surface area contributed by atoms with Crippen molar-refractivity contribution in [2.75, 3.05) is 45.9 Å². The van der Waals surface area contributed by atoms with Gasteiger partial charge in [0.25, 0.3) is 0 Å². The van der Waals surface area contributed by atoms with Crippen LogP contribution in [0, 0.1) is 0 Å². The predicted molar refractivity (Wildman–Crippen MR) is 123 cm³/mol. The summed E-state index contributed by atoms with van der Waals surface area (Å²) in [5.74, 6) is 0. The molecule has 0 spiro atoms. The van der Waals surface area contributed by atoms with Crippen molar-refractivity contribution in [3.63, 3.8) is 0 Å². The van der Waals surface area contributed by atoms with E-state index in [4.69, 9.17) is 24.1 Å².